The van der Waals surface area contributed by atoms with E-state index in [0.717, 1.165) is 75.6 Å². The van der Waals surface area contributed by atoms with Crippen molar-refractivity contribution in [2.75, 3.05) is 0 Å². The third kappa shape index (κ3) is 4.58. The second-order valence-electron chi connectivity index (χ2n) is 12.5. The maximum absolute atomic E-state index is 9.06. The minimum Gasteiger partial charge on any atom is -0.291 e. The van der Waals surface area contributed by atoms with Gasteiger partial charge in [-0.2, -0.15) is 0 Å². The Hall–Kier alpha value is -6.03. The zero-order chi connectivity index (χ0) is 34.1. The molecule has 0 N–H and O–H groups in total. The predicted octanol–water partition coefficient (Wildman–Crippen LogP) is 12.6. The van der Waals surface area contributed by atoms with Crippen LogP contribution in [0, 0.1) is 0 Å². The van der Waals surface area contributed by atoms with Crippen LogP contribution in [0.3, 0.4) is 0 Å². The van der Waals surface area contributed by atoms with E-state index in [0.29, 0.717) is 11.1 Å². The number of nitrogens with zero attached hydrogens (tertiary/aromatic N) is 2. The molecule has 49 heavy (non-hydrogen) atoms. The van der Waals surface area contributed by atoms with E-state index in [-0.39, 0.29) is 0 Å². The van der Waals surface area contributed by atoms with Crippen molar-refractivity contribution in [1.29, 1.82) is 0 Å². The molecule has 0 radical (unpaired) electrons. The van der Waals surface area contributed by atoms with E-state index in [1.165, 1.54) is 5.39 Å². The number of benzene rings is 8. The van der Waals surface area contributed by atoms with Crippen LogP contribution in [0.2, 0.25) is 0 Å². The number of imidazole rings is 1. The van der Waals surface area contributed by atoms with Crippen LogP contribution in [0.25, 0.3) is 81.0 Å². The van der Waals surface area contributed by atoms with Crippen LogP contribution in [-0.2, 0) is 6.37 Å². The minimum atomic E-state index is -1.62. The molecule has 0 atom stereocenters. The highest BCUT2D eigenvalue weighted by molar-refractivity contribution is 7.26. The molecule has 2 heterocycles. The van der Waals surface area contributed by atoms with E-state index in [1.54, 1.807) is 11.3 Å². The second kappa shape index (κ2) is 11.3. The Kier molecular flexibility index (Phi) is 5.99. The average molecular weight is 645 g/mol. The molecule has 0 amide bonds. The quantitative estimate of drug-likeness (QED) is 0.182. The molecule has 8 aromatic carbocycles. The van der Waals surface area contributed by atoms with Crippen molar-refractivity contribution >= 4 is 64.1 Å². The summed E-state index contributed by atoms with van der Waals surface area (Å²) in [6.07, 6.45) is -1.62. The van der Waals surface area contributed by atoms with Gasteiger partial charge in [-0.25, -0.2) is 4.98 Å². The first-order valence-electron chi connectivity index (χ1n) is 17.6. The lowest BCUT2D eigenvalue weighted by molar-refractivity contribution is 1.12. The van der Waals surface area contributed by atoms with E-state index >= 15 is 0 Å². The molecule has 0 aliphatic carbocycles. The van der Waals surface area contributed by atoms with Crippen molar-refractivity contribution in [3.05, 3.63) is 181 Å². The van der Waals surface area contributed by atoms with E-state index in [4.69, 9.17) is 7.73 Å². The Labute approximate surface area is 291 Å². The predicted molar refractivity (Wildman–Crippen MR) is 209 cm³/mol. The van der Waals surface area contributed by atoms with Crippen molar-refractivity contribution in [2.45, 2.75) is 6.37 Å². The normalized spacial score (nSPS) is 12.7. The van der Waals surface area contributed by atoms with Crippen molar-refractivity contribution in [3.8, 4) is 28.2 Å². The van der Waals surface area contributed by atoms with Gasteiger partial charge in [0.25, 0.3) is 0 Å². The van der Waals surface area contributed by atoms with Gasteiger partial charge in [0.2, 0.25) is 0 Å². The number of hydrogen-bond acceptors (Lipinski definition) is 2. The van der Waals surface area contributed by atoms with Gasteiger partial charge in [0, 0.05) is 44.8 Å². The lowest BCUT2D eigenvalue weighted by Crippen LogP contribution is -2.02. The molecule has 0 aliphatic rings. The summed E-state index contributed by atoms with van der Waals surface area (Å²) in [5.74, 6) is 0.881. The van der Waals surface area contributed by atoms with Gasteiger partial charge in [0.05, 0.1) is 16.7 Å². The second-order valence-corrected chi connectivity index (χ2v) is 13.5. The molecule has 230 valence electrons. The molecule has 0 saturated carbocycles. The third-order valence-corrected chi connectivity index (χ3v) is 10.8. The highest BCUT2D eigenvalue weighted by atomic mass is 32.1. The Bertz CT molecular complexity index is 2940. The summed E-state index contributed by atoms with van der Waals surface area (Å²) in [5.41, 5.74) is 7.75. The van der Waals surface area contributed by atoms with Crippen LogP contribution in [0.1, 0.15) is 13.9 Å². The molecule has 2 aromatic heterocycles. The number of hydrogen-bond donors (Lipinski definition) is 0. The van der Waals surface area contributed by atoms with Gasteiger partial charge >= 0.3 is 0 Å². The highest BCUT2D eigenvalue weighted by Gasteiger charge is 2.23. The van der Waals surface area contributed by atoms with Crippen LogP contribution in [0.15, 0.2) is 170 Å². The van der Waals surface area contributed by atoms with Crippen molar-refractivity contribution in [3.63, 3.8) is 0 Å². The summed E-state index contributed by atoms with van der Waals surface area (Å²) in [5, 5.41) is 6.86. The van der Waals surface area contributed by atoms with Crippen LogP contribution >= 0.6 is 11.3 Å². The van der Waals surface area contributed by atoms with Gasteiger partial charge < -0.3 is 0 Å². The fourth-order valence-corrected chi connectivity index (χ4v) is 8.56. The van der Waals surface area contributed by atoms with Crippen molar-refractivity contribution < 1.29 is 2.74 Å². The molecular weight excluding hydrogens is 613 g/mol. The maximum atomic E-state index is 9.06. The van der Waals surface area contributed by atoms with E-state index in [9.17, 15) is 0 Å². The maximum Gasteiger partial charge on any atom is 0.147 e. The lowest BCUT2D eigenvalue weighted by Gasteiger charge is -2.18. The Morgan fingerprint density at radius 2 is 1.22 bits per heavy atom. The summed E-state index contributed by atoms with van der Waals surface area (Å²) in [7, 11) is 0. The zero-order valence-corrected chi connectivity index (χ0v) is 27.3. The number of rotatable bonds is 5. The van der Waals surface area contributed by atoms with E-state index in [1.807, 2.05) is 42.5 Å². The molecule has 3 heteroatoms. The molecule has 0 aliphatic heterocycles. The monoisotopic (exact) mass is 644 g/mol. The molecule has 0 saturated heterocycles. The van der Waals surface area contributed by atoms with Crippen molar-refractivity contribution in [2.24, 2.45) is 0 Å². The van der Waals surface area contributed by atoms with Crippen LogP contribution < -0.4 is 0 Å². The van der Waals surface area contributed by atoms with Gasteiger partial charge in [-0.05, 0) is 52.0 Å². The van der Waals surface area contributed by atoms with Crippen LogP contribution in [-0.4, -0.2) is 9.55 Å². The van der Waals surface area contributed by atoms with Gasteiger partial charge in [-0.3, -0.25) is 4.57 Å². The first kappa shape index (κ1) is 26.0. The average Bonchev–Trinajstić information content (AvgIpc) is 3.77. The van der Waals surface area contributed by atoms with Crippen LogP contribution in [0.4, 0.5) is 0 Å². The summed E-state index contributed by atoms with van der Waals surface area (Å²) in [6, 6.07) is 58.6. The van der Waals surface area contributed by atoms with Gasteiger partial charge in [0.15, 0.2) is 0 Å². The third-order valence-electron chi connectivity index (χ3n) is 9.56. The molecule has 10 aromatic rings. The van der Waals surface area contributed by atoms with Gasteiger partial charge in [0.1, 0.15) is 5.82 Å². The largest absolute Gasteiger partial charge is 0.291 e. The fourth-order valence-electron chi connectivity index (χ4n) is 7.31. The summed E-state index contributed by atoms with van der Waals surface area (Å²) >= 11 is 1.71. The summed E-state index contributed by atoms with van der Waals surface area (Å²) < 4.78 is 22.7. The first-order valence-corrected chi connectivity index (χ1v) is 17.4. The molecule has 0 bridgehead atoms. The molecule has 10 rings (SSSR count). The Balaban J connectivity index is 1.29. The standard InChI is InChI=1S/C46H30N2S/c1-3-12-30(13-4-1)28-31-22-25-38-39-20-11-21-40(45(39)49-42(38)29-31)46-47-43-35-18-9-7-16-33(35)24-27-41(43)48(46)44-36-19-10-8-17-34(36)23-26-37(44)32-14-5-2-6-15-32/h1-27,29H,28H2/i28D2. The molecule has 0 fully saturated rings. The Morgan fingerprint density at radius 3 is 2.06 bits per heavy atom. The summed E-state index contributed by atoms with van der Waals surface area (Å²) in [6.45, 7) is 0. The smallest absolute Gasteiger partial charge is 0.147 e. The molecule has 0 spiro atoms. The number of aromatic nitrogens is 2. The SMILES string of the molecule is [2H]C([2H])(c1ccccc1)c1ccc2c(c1)sc1c(-c3nc4c5ccccc5ccc4n3-c3c(-c4ccccc4)ccc4ccccc34)cccc12. The zero-order valence-electron chi connectivity index (χ0n) is 28.5. The van der Waals surface area contributed by atoms with Gasteiger partial charge in [-0.1, -0.05) is 152 Å². The molecule has 0 unspecified atom stereocenters. The van der Waals surface area contributed by atoms with Crippen molar-refractivity contribution in [1.82, 2.24) is 9.55 Å². The first-order chi connectivity index (χ1) is 25.1. The number of fused-ring (bicyclic) bond motifs is 7. The van der Waals surface area contributed by atoms with E-state index < -0.39 is 6.37 Å². The summed E-state index contributed by atoms with van der Waals surface area (Å²) in [4.78, 5) is 5.56. The fraction of sp³-hybridized carbons (Fsp3) is 0.0217. The molecular formula is C46H30N2S. The number of thiophene rings is 1. The Morgan fingerprint density at radius 1 is 0.531 bits per heavy atom. The van der Waals surface area contributed by atoms with Crippen LogP contribution in [0.5, 0.6) is 0 Å². The minimum absolute atomic E-state index is 0.649. The van der Waals surface area contributed by atoms with Gasteiger partial charge in [-0.15, -0.1) is 11.3 Å². The molecule has 2 nitrogen and oxygen atoms in total. The topological polar surface area (TPSA) is 17.8 Å². The highest BCUT2D eigenvalue weighted by Crippen LogP contribution is 2.44. The van der Waals surface area contributed by atoms with E-state index in [2.05, 4.69) is 132 Å². The lowest BCUT2D eigenvalue weighted by atomic mass is 9.97.